The average Bonchev–Trinajstić information content (AvgIpc) is 3.27. The second-order valence-electron chi connectivity index (χ2n) is 8.28. The number of nitrogens with zero attached hydrogens (tertiary/aromatic N) is 3. The van der Waals surface area contributed by atoms with Crippen LogP contribution < -0.4 is 10.2 Å². The molecular weight excluding hydrogens is 448 g/mol. The summed E-state index contributed by atoms with van der Waals surface area (Å²) in [5.74, 6) is -0.765. The Hall–Kier alpha value is -4.03. The molecule has 0 unspecified atom stereocenters. The quantitative estimate of drug-likeness (QED) is 0.486. The smallest absolute Gasteiger partial charge is 0.272 e. The summed E-state index contributed by atoms with van der Waals surface area (Å²) in [5, 5.41) is 3.78. The molecule has 166 valence electrons. The lowest BCUT2D eigenvalue weighted by molar-refractivity contribution is -0.120. The SMILES string of the molecule is O=C(N[C@@H]1N=C(c2ccccc2)c2cccc3c2N(CC3)C1=O)c1cnc2ccccc2c1Cl. The van der Waals surface area contributed by atoms with E-state index in [0.717, 1.165) is 28.8 Å². The van der Waals surface area contributed by atoms with Gasteiger partial charge in [-0.05, 0) is 18.1 Å². The highest BCUT2D eigenvalue weighted by Crippen LogP contribution is 2.36. The van der Waals surface area contributed by atoms with E-state index in [4.69, 9.17) is 16.6 Å². The largest absolute Gasteiger partial charge is 0.322 e. The molecule has 7 heteroatoms. The van der Waals surface area contributed by atoms with Crippen molar-refractivity contribution in [2.24, 2.45) is 4.99 Å². The molecule has 3 aromatic carbocycles. The van der Waals surface area contributed by atoms with E-state index in [0.29, 0.717) is 28.2 Å². The summed E-state index contributed by atoms with van der Waals surface area (Å²) in [5.41, 5.74) is 5.30. The molecule has 2 amide bonds. The van der Waals surface area contributed by atoms with Gasteiger partial charge in [-0.25, -0.2) is 4.99 Å². The second kappa shape index (κ2) is 8.08. The minimum Gasteiger partial charge on any atom is -0.322 e. The molecule has 4 aromatic rings. The van der Waals surface area contributed by atoms with Gasteiger partial charge in [0, 0.05) is 29.3 Å². The number of rotatable bonds is 3. The van der Waals surface area contributed by atoms with Crippen molar-refractivity contribution >= 4 is 45.7 Å². The molecule has 0 aliphatic carbocycles. The van der Waals surface area contributed by atoms with Crippen LogP contribution in [0.3, 0.4) is 0 Å². The van der Waals surface area contributed by atoms with Crippen molar-refractivity contribution < 1.29 is 9.59 Å². The van der Waals surface area contributed by atoms with Crippen LogP contribution in [0.4, 0.5) is 5.69 Å². The maximum Gasteiger partial charge on any atom is 0.272 e. The molecule has 0 spiro atoms. The van der Waals surface area contributed by atoms with Gasteiger partial charge in [-0.15, -0.1) is 0 Å². The molecular formula is C27H19ClN4O2. The standard InChI is InChI=1S/C27H19ClN4O2/c28-22-18-10-4-5-12-21(18)29-15-20(22)26(33)31-25-27(34)32-14-13-17-9-6-11-19(24(17)32)23(30-25)16-7-2-1-3-8-16/h1-12,15,25H,13-14H2,(H,31,33)/t25-/m0/s1. The van der Waals surface area contributed by atoms with E-state index in [2.05, 4.69) is 10.3 Å². The summed E-state index contributed by atoms with van der Waals surface area (Å²) in [4.78, 5) is 37.7. The molecule has 1 N–H and O–H groups in total. The zero-order valence-electron chi connectivity index (χ0n) is 18.0. The number of aromatic nitrogens is 1. The Morgan fingerprint density at radius 3 is 2.65 bits per heavy atom. The van der Waals surface area contributed by atoms with Crippen molar-refractivity contribution in [3.05, 3.63) is 106 Å². The summed E-state index contributed by atoms with van der Waals surface area (Å²) in [6.45, 7) is 0.549. The number of halogens is 1. The van der Waals surface area contributed by atoms with Gasteiger partial charge in [0.05, 0.1) is 27.5 Å². The molecule has 1 aromatic heterocycles. The lowest BCUT2D eigenvalue weighted by atomic mass is 9.98. The maximum atomic E-state index is 13.6. The summed E-state index contributed by atoms with van der Waals surface area (Å²) >= 11 is 6.55. The van der Waals surface area contributed by atoms with Crippen LogP contribution in [0.1, 0.15) is 27.0 Å². The van der Waals surface area contributed by atoms with Gasteiger partial charge >= 0.3 is 0 Å². The van der Waals surface area contributed by atoms with E-state index in [1.165, 1.54) is 6.20 Å². The third-order valence-corrected chi connectivity index (χ3v) is 6.68. The third-order valence-electron chi connectivity index (χ3n) is 6.28. The Kier molecular flexibility index (Phi) is 4.89. The Morgan fingerprint density at radius 2 is 1.79 bits per heavy atom. The van der Waals surface area contributed by atoms with E-state index in [1.54, 1.807) is 4.90 Å². The number of aliphatic imine (C=N–C) groups is 1. The number of hydrogen-bond acceptors (Lipinski definition) is 4. The average molecular weight is 467 g/mol. The van der Waals surface area contributed by atoms with Crippen LogP contribution in [0.2, 0.25) is 5.02 Å². The lowest BCUT2D eigenvalue weighted by Gasteiger charge is -2.21. The number of amides is 2. The highest BCUT2D eigenvalue weighted by atomic mass is 35.5. The van der Waals surface area contributed by atoms with Crippen LogP contribution >= 0.6 is 11.6 Å². The van der Waals surface area contributed by atoms with Gasteiger partial charge in [-0.2, -0.15) is 0 Å². The number of hydrogen-bond donors (Lipinski definition) is 1. The lowest BCUT2D eigenvalue weighted by Crippen LogP contribution is -2.47. The van der Waals surface area contributed by atoms with Crippen LogP contribution in [0.5, 0.6) is 0 Å². The van der Waals surface area contributed by atoms with Gasteiger partial charge in [0.25, 0.3) is 11.8 Å². The number of fused-ring (bicyclic) bond motifs is 1. The van der Waals surface area contributed by atoms with Gasteiger partial charge < -0.3 is 10.2 Å². The summed E-state index contributed by atoms with van der Waals surface area (Å²) in [7, 11) is 0. The summed E-state index contributed by atoms with van der Waals surface area (Å²) < 4.78 is 0. The zero-order valence-corrected chi connectivity index (χ0v) is 18.8. The van der Waals surface area contributed by atoms with Crippen molar-refractivity contribution in [2.75, 3.05) is 11.4 Å². The minimum atomic E-state index is -1.09. The van der Waals surface area contributed by atoms with Gasteiger partial charge in [-0.1, -0.05) is 78.3 Å². The predicted molar refractivity (Wildman–Crippen MR) is 133 cm³/mol. The Bertz CT molecular complexity index is 1500. The predicted octanol–water partition coefficient (Wildman–Crippen LogP) is 4.38. The molecule has 0 saturated carbocycles. The monoisotopic (exact) mass is 466 g/mol. The fourth-order valence-electron chi connectivity index (χ4n) is 4.66. The topological polar surface area (TPSA) is 74.7 Å². The fourth-order valence-corrected chi connectivity index (χ4v) is 4.95. The normalized spacial score (nSPS) is 16.7. The number of nitrogens with one attached hydrogen (secondary N) is 1. The molecule has 1 atom stereocenters. The third kappa shape index (κ3) is 3.26. The molecule has 0 saturated heterocycles. The van der Waals surface area contributed by atoms with E-state index < -0.39 is 12.1 Å². The van der Waals surface area contributed by atoms with Gasteiger partial charge in [0.1, 0.15) is 0 Å². The Morgan fingerprint density at radius 1 is 1.00 bits per heavy atom. The molecule has 6 nitrogen and oxygen atoms in total. The van der Waals surface area contributed by atoms with Crippen molar-refractivity contribution in [1.29, 1.82) is 0 Å². The molecule has 34 heavy (non-hydrogen) atoms. The fraction of sp³-hybridized carbons (Fsp3) is 0.111. The van der Waals surface area contributed by atoms with Gasteiger partial charge in [0.2, 0.25) is 6.17 Å². The molecule has 0 radical (unpaired) electrons. The maximum absolute atomic E-state index is 13.6. The molecule has 3 heterocycles. The number of carbonyl (C=O) groups is 2. The van der Waals surface area contributed by atoms with E-state index in [-0.39, 0.29) is 11.5 Å². The number of pyridine rings is 1. The van der Waals surface area contributed by atoms with Crippen molar-refractivity contribution in [3.63, 3.8) is 0 Å². The van der Waals surface area contributed by atoms with Crippen LogP contribution in [-0.4, -0.2) is 35.2 Å². The van der Waals surface area contributed by atoms with Crippen molar-refractivity contribution in [1.82, 2.24) is 10.3 Å². The van der Waals surface area contributed by atoms with Gasteiger partial charge in [0.15, 0.2) is 0 Å². The number of anilines is 1. The Balaban J connectivity index is 1.44. The minimum absolute atomic E-state index is 0.202. The van der Waals surface area contributed by atoms with E-state index in [9.17, 15) is 9.59 Å². The van der Waals surface area contributed by atoms with Crippen molar-refractivity contribution in [2.45, 2.75) is 12.6 Å². The first-order valence-electron chi connectivity index (χ1n) is 11.0. The second-order valence-corrected chi connectivity index (χ2v) is 8.65. The summed E-state index contributed by atoms with van der Waals surface area (Å²) in [6, 6.07) is 23.0. The molecule has 6 rings (SSSR count). The highest BCUT2D eigenvalue weighted by molar-refractivity contribution is 6.38. The first kappa shape index (κ1) is 20.6. The first-order valence-corrected chi connectivity index (χ1v) is 11.4. The number of carbonyl (C=O) groups excluding carboxylic acids is 2. The van der Waals surface area contributed by atoms with Crippen LogP contribution in [-0.2, 0) is 11.2 Å². The molecule has 0 fully saturated rings. The molecule has 2 aliphatic heterocycles. The number of benzene rings is 3. The first-order chi connectivity index (χ1) is 16.6. The van der Waals surface area contributed by atoms with Gasteiger partial charge in [-0.3, -0.25) is 14.6 Å². The Labute approximate surface area is 200 Å². The number of para-hydroxylation sites is 2. The van der Waals surface area contributed by atoms with Crippen LogP contribution in [0.15, 0.2) is 84.0 Å². The van der Waals surface area contributed by atoms with Crippen molar-refractivity contribution in [3.8, 4) is 0 Å². The van der Waals surface area contributed by atoms with Crippen LogP contribution in [0.25, 0.3) is 10.9 Å². The summed E-state index contributed by atoms with van der Waals surface area (Å²) in [6.07, 6.45) is 1.10. The molecule has 2 aliphatic rings. The van der Waals surface area contributed by atoms with E-state index in [1.807, 2.05) is 72.8 Å². The van der Waals surface area contributed by atoms with E-state index >= 15 is 0 Å². The zero-order chi connectivity index (χ0) is 23.2. The van der Waals surface area contributed by atoms with Crippen LogP contribution in [0, 0.1) is 0 Å². The highest BCUT2D eigenvalue weighted by Gasteiger charge is 2.37. The molecule has 0 bridgehead atoms.